The Morgan fingerprint density at radius 2 is 1.97 bits per heavy atom. The highest BCUT2D eigenvalue weighted by molar-refractivity contribution is 7.98. The highest BCUT2D eigenvalue weighted by Gasteiger charge is 2.50. The molecular weight excluding hydrogens is 555 g/mol. The molecule has 4 rings (SSSR count). The summed E-state index contributed by atoms with van der Waals surface area (Å²) in [5.41, 5.74) is 1.02. The van der Waals surface area contributed by atoms with Crippen molar-refractivity contribution in [1.29, 1.82) is 0 Å². The van der Waals surface area contributed by atoms with Crippen LogP contribution in [0.15, 0.2) is 6.07 Å². The molecule has 1 unspecified atom stereocenters. The fourth-order valence-electron chi connectivity index (χ4n) is 4.55. The molecule has 37 heavy (non-hydrogen) atoms. The third kappa shape index (κ3) is 6.06. The highest BCUT2D eigenvalue weighted by atomic mass is 35.5. The van der Waals surface area contributed by atoms with Gasteiger partial charge in [0, 0.05) is 25.6 Å². The summed E-state index contributed by atoms with van der Waals surface area (Å²) in [5.74, 6) is -1.74. The first-order chi connectivity index (χ1) is 17.3. The van der Waals surface area contributed by atoms with Crippen molar-refractivity contribution in [2.24, 2.45) is 0 Å². The number of nitrogens with zero attached hydrogens (tertiary/aromatic N) is 4. The number of carbonyl (C=O) groups is 1. The van der Waals surface area contributed by atoms with E-state index in [1.165, 1.54) is 0 Å². The van der Waals surface area contributed by atoms with E-state index in [1.807, 2.05) is 0 Å². The molecule has 6 N–H and O–H groups in total. The number of hydrogen-bond donors (Lipinski definition) is 6. The number of nitrogens with one attached hydrogen (secondary N) is 2. The predicted molar refractivity (Wildman–Crippen MR) is 130 cm³/mol. The number of hydrogen-bond acceptors (Lipinski definition) is 11. The largest absolute Gasteiger partial charge is 0.387 e. The lowest BCUT2D eigenvalue weighted by Crippen LogP contribution is -2.42. The SMILES string of the molecule is CC(=O)NCC(P(=O)(O)O)S(=O)(=O)C[C@H]1O[C@@H](n2nnc3c(NC4CCCC4)cc(Cl)nc32)[C@H](O)[C@@H]1O. The maximum atomic E-state index is 12.9. The minimum absolute atomic E-state index is 0.103. The smallest absolute Gasteiger partial charge is 0.345 e. The predicted octanol–water partition coefficient (Wildman–Crippen LogP) is -0.492. The number of rotatable bonds is 9. The molecule has 206 valence electrons. The molecule has 2 fully saturated rings. The summed E-state index contributed by atoms with van der Waals surface area (Å²) in [6.45, 7) is 0.217. The van der Waals surface area contributed by atoms with Crippen molar-refractivity contribution in [3.63, 3.8) is 0 Å². The second kappa shape index (κ2) is 10.7. The fraction of sp³-hybridized carbons (Fsp3) is 0.684. The molecule has 2 aliphatic rings. The van der Waals surface area contributed by atoms with E-state index in [9.17, 15) is 37.8 Å². The number of aliphatic hydroxyl groups excluding tert-OH is 2. The Kier molecular flexibility index (Phi) is 8.12. The zero-order valence-electron chi connectivity index (χ0n) is 19.6. The maximum Gasteiger partial charge on any atom is 0.345 e. The molecule has 2 aromatic rings. The van der Waals surface area contributed by atoms with Gasteiger partial charge < -0.3 is 35.4 Å². The van der Waals surface area contributed by atoms with Crippen LogP contribution in [-0.4, -0.2) is 95.9 Å². The number of amides is 1. The van der Waals surface area contributed by atoms with E-state index in [0.717, 1.165) is 37.3 Å². The Morgan fingerprint density at radius 3 is 2.59 bits per heavy atom. The lowest BCUT2D eigenvalue weighted by atomic mass is 10.1. The van der Waals surface area contributed by atoms with Crippen LogP contribution >= 0.6 is 19.2 Å². The average Bonchev–Trinajstić information content (AvgIpc) is 3.49. The van der Waals surface area contributed by atoms with Crippen LogP contribution in [0.25, 0.3) is 11.2 Å². The topological polar surface area (TPSA) is 226 Å². The molecule has 2 aromatic heterocycles. The second-order valence-electron chi connectivity index (χ2n) is 9.18. The number of ether oxygens (including phenoxy) is 1. The van der Waals surface area contributed by atoms with Crippen LogP contribution in [0.1, 0.15) is 38.8 Å². The molecule has 0 aromatic carbocycles. The van der Waals surface area contributed by atoms with Crippen molar-refractivity contribution < 1.29 is 42.5 Å². The van der Waals surface area contributed by atoms with Crippen LogP contribution in [0.5, 0.6) is 0 Å². The molecule has 0 spiro atoms. The standard InChI is InChI=1S/C19H28ClN6O9PS/c1-9(27)21-7-14(36(30,31)32)37(33,34)8-12-16(28)17(29)19(35-12)26-18-15(24-25-26)11(6-13(20)23-18)22-10-4-2-3-5-10/h6,10,12,14,16-17,19,28-29H,2-5,7-8H2,1H3,(H,21,27)(H,22,23)(H2,30,31,32)/t12-,14?,16-,17-,19-/m1/s1. The Morgan fingerprint density at radius 1 is 1.30 bits per heavy atom. The van der Waals surface area contributed by atoms with E-state index < -0.39 is 65.2 Å². The van der Waals surface area contributed by atoms with Gasteiger partial charge in [0.1, 0.15) is 23.5 Å². The van der Waals surface area contributed by atoms with Crippen LogP contribution in [0, 0.1) is 0 Å². The van der Waals surface area contributed by atoms with Gasteiger partial charge in [0.15, 0.2) is 32.2 Å². The lowest BCUT2D eigenvalue weighted by molar-refractivity contribution is -0.118. The Balaban J connectivity index is 1.58. The van der Waals surface area contributed by atoms with E-state index in [2.05, 4.69) is 25.9 Å². The van der Waals surface area contributed by atoms with Gasteiger partial charge >= 0.3 is 7.60 Å². The van der Waals surface area contributed by atoms with Gasteiger partial charge in [0.2, 0.25) is 5.91 Å². The van der Waals surface area contributed by atoms with Crippen LogP contribution in [0.2, 0.25) is 5.15 Å². The van der Waals surface area contributed by atoms with Gasteiger partial charge in [-0.2, -0.15) is 4.68 Å². The minimum atomic E-state index is -5.23. The third-order valence-electron chi connectivity index (χ3n) is 6.41. The summed E-state index contributed by atoms with van der Waals surface area (Å²) < 4.78 is 44.3. The van der Waals surface area contributed by atoms with Crippen LogP contribution in [0.4, 0.5) is 5.69 Å². The average molecular weight is 583 g/mol. The first-order valence-corrected chi connectivity index (χ1v) is 15.3. The number of halogens is 1. The molecule has 1 amide bonds. The van der Waals surface area contributed by atoms with Crippen LogP contribution in [-0.2, 0) is 23.9 Å². The molecule has 1 aliphatic heterocycles. The minimum Gasteiger partial charge on any atom is -0.387 e. The first-order valence-electron chi connectivity index (χ1n) is 11.5. The molecule has 1 saturated heterocycles. The van der Waals surface area contributed by atoms with Crippen molar-refractivity contribution in [1.82, 2.24) is 25.3 Å². The van der Waals surface area contributed by atoms with Gasteiger partial charge in [-0.3, -0.25) is 9.36 Å². The van der Waals surface area contributed by atoms with E-state index in [0.29, 0.717) is 11.2 Å². The number of aliphatic hydroxyl groups is 2. The van der Waals surface area contributed by atoms with E-state index in [4.69, 9.17) is 16.3 Å². The molecule has 1 saturated carbocycles. The van der Waals surface area contributed by atoms with Crippen molar-refractivity contribution >= 4 is 51.8 Å². The number of carbonyl (C=O) groups excluding carboxylic acids is 1. The summed E-state index contributed by atoms with van der Waals surface area (Å²) in [5, 5.41) is 34.8. The van der Waals surface area contributed by atoms with E-state index >= 15 is 0 Å². The Bertz CT molecular complexity index is 1310. The quantitative estimate of drug-likeness (QED) is 0.162. The summed E-state index contributed by atoms with van der Waals surface area (Å²) in [7, 11) is -9.87. The van der Waals surface area contributed by atoms with Gasteiger partial charge in [0.25, 0.3) is 0 Å². The van der Waals surface area contributed by atoms with Crippen molar-refractivity contribution in [2.45, 2.75) is 68.2 Å². The molecule has 1 aliphatic carbocycles. The van der Waals surface area contributed by atoms with Crippen molar-refractivity contribution in [2.75, 3.05) is 17.6 Å². The van der Waals surface area contributed by atoms with E-state index in [-0.39, 0.29) is 16.8 Å². The maximum absolute atomic E-state index is 12.9. The molecule has 18 heteroatoms. The third-order valence-corrected chi connectivity index (χ3v) is 11.1. The van der Waals surface area contributed by atoms with E-state index in [1.54, 1.807) is 6.07 Å². The zero-order valence-corrected chi connectivity index (χ0v) is 22.1. The zero-order chi connectivity index (χ0) is 27.1. The van der Waals surface area contributed by atoms with Crippen LogP contribution in [0.3, 0.4) is 0 Å². The molecule has 0 radical (unpaired) electrons. The fourth-order valence-corrected chi connectivity index (χ4v) is 8.30. The monoisotopic (exact) mass is 582 g/mol. The summed E-state index contributed by atoms with van der Waals surface area (Å²) in [6.07, 6.45) is -2.32. The summed E-state index contributed by atoms with van der Waals surface area (Å²) in [6, 6.07) is 1.81. The normalized spacial score (nSPS) is 26.0. The Labute approximate surface area is 216 Å². The highest BCUT2D eigenvalue weighted by Crippen LogP contribution is 2.45. The second-order valence-corrected chi connectivity index (χ2v) is 13.9. The molecule has 5 atom stereocenters. The summed E-state index contributed by atoms with van der Waals surface area (Å²) in [4.78, 5) is 32.3. The number of anilines is 1. The van der Waals surface area contributed by atoms with Gasteiger partial charge in [-0.1, -0.05) is 29.7 Å². The van der Waals surface area contributed by atoms with Crippen molar-refractivity contribution in [3.8, 4) is 0 Å². The lowest BCUT2D eigenvalue weighted by Gasteiger charge is -2.22. The molecule has 3 heterocycles. The van der Waals surface area contributed by atoms with Gasteiger partial charge in [-0.05, 0) is 12.8 Å². The number of fused-ring (bicyclic) bond motifs is 1. The van der Waals surface area contributed by atoms with Crippen molar-refractivity contribution in [3.05, 3.63) is 11.2 Å². The molecule has 15 nitrogen and oxygen atoms in total. The Hall–Kier alpha value is -1.91. The number of sulfone groups is 1. The van der Waals surface area contributed by atoms with Crippen LogP contribution < -0.4 is 10.6 Å². The number of pyridine rings is 1. The number of aromatic nitrogens is 4. The molecule has 0 bridgehead atoms. The molecular formula is C19H28ClN6O9PS. The van der Waals surface area contributed by atoms with Gasteiger partial charge in [0.05, 0.1) is 11.4 Å². The van der Waals surface area contributed by atoms with Gasteiger partial charge in [-0.15, -0.1) is 5.10 Å². The summed E-state index contributed by atoms with van der Waals surface area (Å²) >= 11 is 6.20. The van der Waals surface area contributed by atoms with Gasteiger partial charge in [-0.25, -0.2) is 13.4 Å². The first kappa shape index (κ1) is 28.1.